The second kappa shape index (κ2) is 5.18. The van der Waals surface area contributed by atoms with Gasteiger partial charge in [-0.1, -0.05) is 30.3 Å². The number of aryl methyl sites for hydroxylation is 2. The molecule has 94 valence electrons. The Morgan fingerprint density at radius 1 is 1.33 bits per heavy atom. The molecule has 1 unspecified atom stereocenters. The highest BCUT2D eigenvalue weighted by atomic mass is 32.1. The largest absolute Gasteiger partial charge is 0.376 e. The van der Waals surface area contributed by atoms with Gasteiger partial charge in [0, 0.05) is 11.3 Å². The standard InChI is InChI=1S/C13H16N4S/c1-8-11(9(2)17-16-8)12(15-13(14)18)10-6-4-3-5-7-10/h3-7,12H,1-2H3,(H,16,17)(H3,14,15,18). The second-order valence-electron chi connectivity index (χ2n) is 4.20. The molecule has 2 rings (SSSR count). The van der Waals surface area contributed by atoms with Crippen molar-refractivity contribution in [2.75, 3.05) is 0 Å². The number of nitrogens with zero attached hydrogens (tertiary/aromatic N) is 1. The van der Waals surface area contributed by atoms with Gasteiger partial charge in [-0.05, 0) is 31.6 Å². The van der Waals surface area contributed by atoms with Gasteiger partial charge in [-0.15, -0.1) is 0 Å². The molecule has 0 saturated heterocycles. The minimum absolute atomic E-state index is 0.0672. The summed E-state index contributed by atoms with van der Waals surface area (Å²) in [5.74, 6) is 0. The molecule has 1 heterocycles. The lowest BCUT2D eigenvalue weighted by atomic mass is 9.97. The quantitative estimate of drug-likeness (QED) is 0.738. The molecule has 0 amide bonds. The second-order valence-corrected chi connectivity index (χ2v) is 4.64. The van der Waals surface area contributed by atoms with E-state index in [0.29, 0.717) is 0 Å². The first-order valence-corrected chi connectivity index (χ1v) is 6.12. The summed E-state index contributed by atoms with van der Waals surface area (Å²) in [6.07, 6.45) is 0. The number of nitrogens with one attached hydrogen (secondary N) is 2. The molecule has 2 aromatic rings. The maximum atomic E-state index is 5.63. The molecule has 0 aliphatic heterocycles. The number of nitrogens with two attached hydrogens (primary N) is 1. The smallest absolute Gasteiger partial charge is 0.164 e. The van der Waals surface area contributed by atoms with Gasteiger partial charge in [0.1, 0.15) is 0 Å². The van der Waals surface area contributed by atoms with E-state index in [1.165, 1.54) is 0 Å². The van der Waals surface area contributed by atoms with E-state index in [1.54, 1.807) is 0 Å². The van der Waals surface area contributed by atoms with E-state index in [4.69, 9.17) is 18.0 Å². The van der Waals surface area contributed by atoms with Crippen molar-refractivity contribution in [2.24, 2.45) is 5.73 Å². The molecule has 0 saturated carbocycles. The lowest BCUT2D eigenvalue weighted by Gasteiger charge is -2.20. The molecule has 5 heteroatoms. The Labute approximate surface area is 112 Å². The molecular formula is C13H16N4S. The van der Waals surface area contributed by atoms with Crippen molar-refractivity contribution in [1.82, 2.24) is 15.5 Å². The zero-order valence-corrected chi connectivity index (χ0v) is 11.2. The molecule has 1 aromatic heterocycles. The van der Waals surface area contributed by atoms with Gasteiger partial charge in [-0.2, -0.15) is 5.10 Å². The number of rotatable bonds is 3. The van der Waals surface area contributed by atoms with Gasteiger partial charge >= 0.3 is 0 Å². The SMILES string of the molecule is Cc1n[nH]c(C)c1C(NC(N)=S)c1ccccc1. The summed E-state index contributed by atoms with van der Waals surface area (Å²) in [5, 5.41) is 10.6. The normalized spacial score (nSPS) is 12.1. The summed E-state index contributed by atoms with van der Waals surface area (Å²) >= 11 is 4.97. The van der Waals surface area contributed by atoms with E-state index in [0.717, 1.165) is 22.5 Å². The van der Waals surface area contributed by atoms with Crippen LogP contribution in [-0.4, -0.2) is 15.3 Å². The number of hydrogen-bond donors (Lipinski definition) is 3. The van der Waals surface area contributed by atoms with Crippen molar-refractivity contribution in [3.63, 3.8) is 0 Å². The minimum atomic E-state index is -0.0672. The summed E-state index contributed by atoms with van der Waals surface area (Å²) < 4.78 is 0. The van der Waals surface area contributed by atoms with E-state index < -0.39 is 0 Å². The van der Waals surface area contributed by atoms with Gasteiger partial charge in [0.25, 0.3) is 0 Å². The number of aromatic amines is 1. The summed E-state index contributed by atoms with van der Waals surface area (Å²) in [6.45, 7) is 3.96. The number of aromatic nitrogens is 2. The Morgan fingerprint density at radius 3 is 2.50 bits per heavy atom. The number of thiocarbonyl (C=S) groups is 1. The molecule has 4 N–H and O–H groups in total. The van der Waals surface area contributed by atoms with Crippen molar-refractivity contribution >= 4 is 17.3 Å². The van der Waals surface area contributed by atoms with Gasteiger partial charge in [-0.25, -0.2) is 0 Å². The van der Waals surface area contributed by atoms with E-state index in [2.05, 4.69) is 15.5 Å². The third-order valence-corrected chi connectivity index (χ3v) is 3.01. The van der Waals surface area contributed by atoms with Crippen LogP contribution in [0.4, 0.5) is 0 Å². The molecule has 0 spiro atoms. The van der Waals surface area contributed by atoms with Crippen LogP contribution >= 0.6 is 12.2 Å². The van der Waals surface area contributed by atoms with Crippen molar-refractivity contribution in [3.05, 3.63) is 52.8 Å². The van der Waals surface area contributed by atoms with Crippen molar-refractivity contribution < 1.29 is 0 Å². The summed E-state index contributed by atoms with van der Waals surface area (Å²) in [6, 6.07) is 9.99. The topological polar surface area (TPSA) is 66.7 Å². The molecule has 0 aliphatic carbocycles. The fraction of sp³-hybridized carbons (Fsp3) is 0.231. The van der Waals surface area contributed by atoms with Gasteiger partial charge in [0.15, 0.2) is 5.11 Å². The van der Waals surface area contributed by atoms with Crippen LogP contribution in [0.25, 0.3) is 0 Å². The van der Waals surface area contributed by atoms with E-state index >= 15 is 0 Å². The predicted molar refractivity (Wildman–Crippen MR) is 76.3 cm³/mol. The first kappa shape index (κ1) is 12.6. The van der Waals surface area contributed by atoms with E-state index in [9.17, 15) is 0 Å². The Bertz CT molecular complexity index is 528. The molecule has 1 atom stereocenters. The number of benzene rings is 1. The predicted octanol–water partition coefficient (Wildman–Crippen LogP) is 1.95. The molecule has 0 fully saturated rings. The molecule has 1 aromatic carbocycles. The summed E-state index contributed by atoms with van der Waals surface area (Å²) in [4.78, 5) is 0. The molecule has 18 heavy (non-hydrogen) atoms. The third kappa shape index (κ3) is 2.51. The summed E-state index contributed by atoms with van der Waals surface area (Å²) in [5.41, 5.74) is 9.80. The first-order chi connectivity index (χ1) is 8.59. The average molecular weight is 260 g/mol. The summed E-state index contributed by atoms with van der Waals surface area (Å²) in [7, 11) is 0. The average Bonchev–Trinajstić information content (AvgIpc) is 2.67. The highest BCUT2D eigenvalue weighted by molar-refractivity contribution is 7.80. The minimum Gasteiger partial charge on any atom is -0.376 e. The van der Waals surface area contributed by atoms with Crippen molar-refractivity contribution in [1.29, 1.82) is 0 Å². The van der Waals surface area contributed by atoms with Crippen molar-refractivity contribution in [2.45, 2.75) is 19.9 Å². The first-order valence-electron chi connectivity index (χ1n) is 5.72. The van der Waals surface area contributed by atoms with Crippen LogP contribution in [0, 0.1) is 13.8 Å². The fourth-order valence-electron chi connectivity index (χ4n) is 2.09. The Morgan fingerprint density at radius 2 is 2.00 bits per heavy atom. The van der Waals surface area contributed by atoms with Crippen LogP contribution in [0.3, 0.4) is 0 Å². The maximum Gasteiger partial charge on any atom is 0.164 e. The molecular weight excluding hydrogens is 244 g/mol. The molecule has 0 radical (unpaired) electrons. The highest BCUT2D eigenvalue weighted by Gasteiger charge is 2.20. The molecule has 0 aliphatic rings. The number of H-pyrrole nitrogens is 1. The van der Waals surface area contributed by atoms with Crippen LogP contribution in [0.15, 0.2) is 30.3 Å². The van der Waals surface area contributed by atoms with Crippen LogP contribution in [-0.2, 0) is 0 Å². The lowest BCUT2D eigenvalue weighted by molar-refractivity contribution is 0.754. The Hall–Kier alpha value is -1.88. The van der Waals surface area contributed by atoms with E-state index in [1.807, 2.05) is 44.2 Å². The molecule has 0 bridgehead atoms. The van der Waals surface area contributed by atoms with Crippen LogP contribution in [0.1, 0.15) is 28.6 Å². The Balaban J connectivity index is 2.47. The van der Waals surface area contributed by atoms with E-state index in [-0.39, 0.29) is 11.2 Å². The van der Waals surface area contributed by atoms with Crippen molar-refractivity contribution in [3.8, 4) is 0 Å². The maximum absolute atomic E-state index is 5.63. The number of hydrogen-bond acceptors (Lipinski definition) is 2. The highest BCUT2D eigenvalue weighted by Crippen LogP contribution is 2.26. The van der Waals surface area contributed by atoms with Gasteiger partial charge < -0.3 is 11.1 Å². The van der Waals surface area contributed by atoms with Crippen LogP contribution in [0.5, 0.6) is 0 Å². The Kier molecular flexibility index (Phi) is 3.62. The molecule has 4 nitrogen and oxygen atoms in total. The monoisotopic (exact) mass is 260 g/mol. The van der Waals surface area contributed by atoms with Gasteiger partial charge in [-0.3, -0.25) is 5.10 Å². The van der Waals surface area contributed by atoms with Crippen LogP contribution < -0.4 is 11.1 Å². The zero-order valence-electron chi connectivity index (χ0n) is 10.4. The zero-order chi connectivity index (χ0) is 13.1. The third-order valence-electron chi connectivity index (χ3n) is 2.89. The fourth-order valence-corrected chi connectivity index (χ4v) is 2.21. The van der Waals surface area contributed by atoms with Gasteiger partial charge in [0.2, 0.25) is 0 Å². The lowest BCUT2D eigenvalue weighted by Crippen LogP contribution is -2.34. The van der Waals surface area contributed by atoms with Crippen LogP contribution in [0.2, 0.25) is 0 Å². The van der Waals surface area contributed by atoms with Gasteiger partial charge in [0.05, 0.1) is 11.7 Å².